The van der Waals surface area contributed by atoms with Crippen molar-refractivity contribution in [1.82, 2.24) is 5.32 Å². The Morgan fingerprint density at radius 3 is 2.36 bits per heavy atom. The fourth-order valence-corrected chi connectivity index (χ4v) is 3.06. The molecule has 2 aromatic rings. The van der Waals surface area contributed by atoms with E-state index >= 15 is 0 Å². The Hall–Kier alpha value is -2.34. The van der Waals surface area contributed by atoms with Crippen LogP contribution in [0.25, 0.3) is 5.70 Å². The van der Waals surface area contributed by atoms with E-state index in [0.717, 1.165) is 16.8 Å². The first kappa shape index (κ1) is 14.6. The van der Waals surface area contributed by atoms with Crippen molar-refractivity contribution in [2.45, 2.75) is 5.92 Å². The maximum absolute atomic E-state index is 13.1. The van der Waals surface area contributed by atoms with Crippen LogP contribution in [0.1, 0.15) is 17.0 Å². The van der Waals surface area contributed by atoms with Gasteiger partial charge in [0.2, 0.25) is 0 Å². The summed E-state index contributed by atoms with van der Waals surface area (Å²) in [5.41, 5.74) is 3.44. The van der Waals surface area contributed by atoms with Crippen LogP contribution in [0.15, 0.2) is 70.8 Å². The Balaban J connectivity index is 2.06. The van der Waals surface area contributed by atoms with Gasteiger partial charge in [0.1, 0.15) is 0 Å². The zero-order chi connectivity index (χ0) is 15.5. The predicted octanol–water partition coefficient (Wildman–Crippen LogP) is 3.46. The van der Waals surface area contributed by atoms with Gasteiger partial charge in [-0.3, -0.25) is 0 Å². The monoisotopic (exact) mass is 355 g/mol. The molecule has 1 radical (unpaired) electrons. The first-order valence-electron chi connectivity index (χ1n) is 6.80. The summed E-state index contributed by atoms with van der Waals surface area (Å²) in [4.78, 5) is 0. The zero-order valence-electron chi connectivity index (χ0n) is 11.6. The average molecular weight is 354 g/mol. The molecule has 2 aromatic carbocycles. The Bertz CT molecular complexity index is 786. The van der Waals surface area contributed by atoms with Crippen molar-refractivity contribution in [3.63, 3.8) is 0 Å². The second-order valence-corrected chi connectivity index (χ2v) is 5.81. The SMILES string of the molecule is N#CC1=C([Se])NC(c2ccc(F)cc2)=CC1c1ccccc1. The molecule has 1 unspecified atom stereocenters. The normalized spacial score (nSPS) is 17.5. The molecule has 4 heteroatoms. The molecule has 1 aliphatic heterocycles. The van der Waals surface area contributed by atoms with Gasteiger partial charge in [-0.2, -0.15) is 0 Å². The topological polar surface area (TPSA) is 35.8 Å². The summed E-state index contributed by atoms with van der Waals surface area (Å²) in [7, 11) is 0. The molecule has 0 aliphatic carbocycles. The molecule has 1 N–H and O–H groups in total. The molecule has 1 heterocycles. The summed E-state index contributed by atoms with van der Waals surface area (Å²) in [6.07, 6.45) is 2.00. The van der Waals surface area contributed by atoms with Gasteiger partial charge >= 0.3 is 136 Å². The third kappa shape index (κ3) is 2.82. The minimum absolute atomic E-state index is 0.122. The van der Waals surface area contributed by atoms with Gasteiger partial charge in [-0.05, 0) is 0 Å². The molecular weight excluding hydrogens is 342 g/mol. The molecule has 0 saturated heterocycles. The van der Waals surface area contributed by atoms with E-state index in [2.05, 4.69) is 27.4 Å². The van der Waals surface area contributed by atoms with Gasteiger partial charge in [-0.25, -0.2) is 0 Å². The van der Waals surface area contributed by atoms with Crippen LogP contribution in [0, 0.1) is 17.1 Å². The second kappa shape index (κ2) is 6.19. The van der Waals surface area contributed by atoms with Crippen LogP contribution in [-0.4, -0.2) is 16.0 Å². The fraction of sp³-hybridized carbons (Fsp3) is 0.0556. The number of benzene rings is 2. The molecule has 107 valence electrons. The van der Waals surface area contributed by atoms with Gasteiger partial charge in [-0.1, -0.05) is 0 Å². The number of nitriles is 1. The van der Waals surface area contributed by atoms with Crippen molar-refractivity contribution in [2.75, 3.05) is 0 Å². The van der Waals surface area contributed by atoms with Crippen molar-refractivity contribution >= 4 is 21.7 Å². The van der Waals surface area contributed by atoms with E-state index in [1.54, 1.807) is 12.1 Å². The van der Waals surface area contributed by atoms with Crippen molar-refractivity contribution < 1.29 is 4.39 Å². The van der Waals surface area contributed by atoms with Crippen LogP contribution in [0.4, 0.5) is 4.39 Å². The number of halogens is 1. The molecule has 1 atom stereocenters. The number of hydrogen-bond acceptors (Lipinski definition) is 2. The number of rotatable bonds is 2. The van der Waals surface area contributed by atoms with Crippen LogP contribution in [-0.2, 0) is 0 Å². The number of nitrogens with one attached hydrogen (secondary N) is 1. The van der Waals surface area contributed by atoms with Gasteiger partial charge in [0, 0.05) is 0 Å². The average Bonchev–Trinajstić information content (AvgIpc) is 2.55. The van der Waals surface area contributed by atoms with E-state index in [0.29, 0.717) is 10.2 Å². The first-order chi connectivity index (χ1) is 10.7. The van der Waals surface area contributed by atoms with Crippen LogP contribution in [0.5, 0.6) is 0 Å². The van der Waals surface area contributed by atoms with E-state index in [1.807, 2.05) is 36.4 Å². The molecular formula is C18H12FN2Se. The first-order valence-corrected chi connectivity index (χ1v) is 7.65. The molecule has 1 aliphatic rings. The number of hydrogen-bond donors (Lipinski definition) is 1. The molecule has 3 rings (SSSR count). The van der Waals surface area contributed by atoms with Gasteiger partial charge in [0.15, 0.2) is 0 Å². The van der Waals surface area contributed by atoms with Gasteiger partial charge in [0.25, 0.3) is 0 Å². The summed E-state index contributed by atoms with van der Waals surface area (Å²) >= 11 is 2.92. The van der Waals surface area contributed by atoms with Crippen LogP contribution >= 0.6 is 0 Å². The van der Waals surface area contributed by atoms with Gasteiger partial charge in [-0.15, -0.1) is 0 Å². The number of dihydropyridines is 1. The Morgan fingerprint density at radius 1 is 1.05 bits per heavy atom. The van der Waals surface area contributed by atoms with Crippen LogP contribution in [0.3, 0.4) is 0 Å². The third-order valence-corrected chi connectivity index (χ3v) is 4.25. The molecule has 0 saturated carbocycles. The second-order valence-electron chi connectivity index (χ2n) is 4.96. The Kier molecular flexibility index (Phi) is 4.11. The molecule has 0 fully saturated rings. The molecule has 0 amide bonds. The number of allylic oxidation sites excluding steroid dienone is 2. The van der Waals surface area contributed by atoms with Crippen LogP contribution in [0.2, 0.25) is 0 Å². The van der Waals surface area contributed by atoms with Gasteiger partial charge in [0.05, 0.1) is 0 Å². The minimum atomic E-state index is -0.267. The van der Waals surface area contributed by atoms with Crippen molar-refractivity contribution in [1.29, 1.82) is 5.26 Å². The third-order valence-electron chi connectivity index (χ3n) is 3.57. The predicted molar refractivity (Wildman–Crippen MR) is 85.1 cm³/mol. The standard InChI is InChI=1S/C18H12FN2Se/c19-14-8-6-13(7-9-14)17-10-15(12-4-2-1-3-5-12)16(11-20)18(22)21-17/h1-10,15,21H. The summed E-state index contributed by atoms with van der Waals surface area (Å²) in [5, 5.41) is 12.6. The van der Waals surface area contributed by atoms with Gasteiger partial charge < -0.3 is 0 Å². The summed E-state index contributed by atoms with van der Waals surface area (Å²) in [6, 6.07) is 18.4. The summed E-state index contributed by atoms with van der Waals surface area (Å²) in [5.74, 6) is -0.389. The van der Waals surface area contributed by atoms with Crippen molar-refractivity contribution in [3.05, 3.63) is 87.8 Å². The molecule has 0 aromatic heterocycles. The van der Waals surface area contributed by atoms with Crippen LogP contribution < -0.4 is 5.32 Å². The van der Waals surface area contributed by atoms with E-state index in [4.69, 9.17) is 0 Å². The molecule has 0 spiro atoms. The Morgan fingerprint density at radius 2 is 1.73 bits per heavy atom. The summed E-state index contributed by atoms with van der Waals surface area (Å²) in [6.45, 7) is 0. The Labute approximate surface area is 136 Å². The van der Waals surface area contributed by atoms with E-state index < -0.39 is 0 Å². The zero-order valence-corrected chi connectivity index (χ0v) is 13.3. The molecule has 0 bridgehead atoms. The summed E-state index contributed by atoms with van der Waals surface area (Å²) < 4.78 is 13.8. The van der Waals surface area contributed by atoms with Crippen molar-refractivity contribution in [3.8, 4) is 6.07 Å². The quantitative estimate of drug-likeness (QED) is 0.839. The molecule has 2 nitrogen and oxygen atoms in total. The van der Waals surface area contributed by atoms with E-state index in [9.17, 15) is 9.65 Å². The fourth-order valence-electron chi connectivity index (χ4n) is 2.46. The van der Waals surface area contributed by atoms with E-state index in [1.165, 1.54) is 12.1 Å². The molecule has 22 heavy (non-hydrogen) atoms. The van der Waals surface area contributed by atoms with E-state index in [-0.39, 0.29) is 11.7 Å². The number of nitrogens with zero attached hydrogens (tertiary/aromatic N) is 1. The maximum atomic E-state index is 13.1. The van der Waals surface area contributed by atoms with Crippen molar-refractivity contribution in [2.24, 2.45) is 0 Å².